The molecule has 4 N–H and O–H groups in total. The predicted molar refractivity (Wildman–Crippen MR) is 92.1 cm³/mol. The van der Waals surface area contributed by atoms with Gasteiger partial charge < -0.3 is 20.4 Å². The van der Waals surface area contributed by atoms with Crippen LogP contribution in [0.1, 0.15) is 45.4 Å². The Hall–Kier alpha value is -1.40. The van der Waals surface area contributed by atoms with Crippen LogP contribution in [0.5, 0.6) is 0 Å². The molecule has 2 bridgehead atoms. The third-order valence-corrected chi connectivity index (χ3v) is 8.77. The van der Waals surface area contributed by atoms with Crippen molar-refractivity contribution in [3.8, 4) is 0 Å². The predicted octanol–water partition coefficient (Wildman–Crippen LogP) is 1.90. The maximum atomic E-state index is 12.5. The van der Waals surface area contributed by atoms with Crippen LogP contribution in [0.15, 0.2) is 12.2 Å². The van der Waals surface area contributed by atoms with Crippen LogP contribution >= 0.6 is 0 Å². The van der Waals surface area contributed by atoms with E-state index >= 15 is 0 Å². The van der Waals surface area contributed by atoms with Crippen LogP contribution in [0, 0.1) is 39.9 Å². The highest BCUT2D eigenvalue weighted by atomic mass is 16.4. The lowest BCUT2D eigenvalue weighted by atomic mass is 9.51. The fraction of sp³-hybridized carbons (Fsp3) is 0.800. The summed E-state index contributed by atoms with van der Waals surface area (Å²) in [7, 11) is 0. The van der Waals surface area contributed by atoms with Gasteiger partial charge in [-0.1, -0.05) is 12.2 Å². The largest absolute Gasteiger partial charge is 0.481 e. The number of carbonyl (C=O) groups is 2. The minimum Gasteiger partial charge on any atom is -0.481 e. The van der Waals surface area contributed by atoms with Crippen molar-refractivity contribution in [1.29, 1.82) is 0 Å². The summed E-state index contributed by atoms with van der Waals surface area (Å²) < 4.78 is 0. The van der Waals surface area contributed by atoms with Gasteiger partial charge in [0.1, 0.15) is 0 Å². The van der Waals surface area contributed by atoms with Crippen molar-refractivity contribution in [2.24, 2.45) is 39.9 Å². The zero-order valence-corrected chi connectivity index (χ0v) is 15.1. The maximum absolute atomic E-state index is 12.5. The van der Waals surface area contributed by atoms with Gasteiger partial charge in [0.25, 0.3) is 0 Å². The minimum absolute atomic E-state index is 0.0345. The lowest BCUT2D eigenvalue weighted by Gasteiger charge is -2.53. The Morgan fingerprint density at radius 2 is 1.92 bits per heavy atom. The van der Waals surface area contributed by atoms with Crippen LogP contribution in [0.3, 0.4) is 0 Å². The molecule has 6 heteroatoms. The van der Waals surface area contributed by atoms with Crippen LogP contribution in [0.4, 0.5) is 0 Å². The van der Waals surface area contributed by atoms with Gasteiger partial charge in [-0.3, -0.25) is 9.59 Å². The normalized spacial score (nSPS) is 52.4. The topological polar surface area (TPSA) is 115 Å². The van der Waals surface area contributed by atoms with Gasteiger partial charge in [0.15, 0.2) is 0 Å². The molecule has 0 amide bonds. The van der Waals surface area contributed by atoms with Crippen LogP contribution in [0.25, 0.3) is 0 Å². The third kappa shape index (κ3) is 1.80. The van der Waals surface area contributed by atoms with E-state index in [9.17, 15) is 30.0 Å². The van der Waals surface area contributed by atoms with E-state index in [-0.39, 0.29) is 18.9 Å². The van der Waals surface area contributed by atoms with Gasteiger partial charge in [-0.2, -0.15) is 0 Å². The van der Waals surface area contributed by atoms with E-state index < -0.39 is 46.1 Å². The summed E-state index contributed by atoms with van der Waals surface area (Å²) in [6.45, 7) is 5.44. The van der Waals surface area contributed by atoms with Gasteiger partial charge in [-0.05, 0) is 68.6 Å². The summed E-state index contributed by atoms with van der Waals surface area (Å²) in [5.41, 5.74) is -1.80. The van der Waals surface area contributed by atoms with Crippen molar-refractivity contribution in [3.63, 3.8) is 0 Å². The Labute approximate surface area is 152 Å². The van der Waals surface area contributed by atoms with Gasteiger partial charge >= 0.3 is 11.9 Å². The summed E-state index contributed by atoms with van der Waals surface area (Å²) >= 11 is 0. The van der Waals surface area contributed by atoms with Gasteiger partial charge in [0.05, 0.1) is 17.4 Å². The number of fused-ring (bicyclic) bond motifs is 3. The molecule has 0 unspecified atom stereocenters. The molecule has 0 aromatic carbocycles. The number of rotatable bonds is 3. The van der Waals surface area contributed by atoms with Crippen molar-refractivity contribution in [3.05, 3.63) is 12.2 Å². The highest BCUT2D eigenvalue weighted by Crippen LogP contribution is 2.77. The molecule has 0 radical (unpaired) electrons. The molecule has 0 saturated heterocycles. The maximum Gasteiger partial charge on any atom is 0.312 e. The number of allylic oxidation sites excluding steroid dienone is 1. The molecule has 26 heavy (non-hydrogen) atoms. The second-order valence-electron chi connectivity index (χ2n) is 9.43. The van der Waals surface area contributed by atoms with E-state index in [2.05, 4.69) is 6.58 Å². The molecule has 4 saturated carbocycles. The molecular weight excluding hydrogens is 336 g/mol. The Kier molecular flexibility index (Phi) is 3.68. The minimum atomic E-state index is -1.57. The van der Waals surface area contributed by atoms with Crippen molar-refractivity contribution in [1.82, 2.24) is 0 Å². The molecule has 0 aliphatic heterocycles. The SMILES string of the molecule is C=C1C[C@]23C[C@H]1CC[C@H]2[C@]1(CO)CC[C@H](O)[C@@](C)(C(=O)O)[C@H]1[C@@H]3C(=O)O. The Bertz CT molecular complexity index is 688. The standard InChI is InChI=1S/C20H28O6/c1-10-7-20-8-11(10)3-4-12(20)19(9-21)6-5-13(22)18(2,17(25)26)15(19)14(20)16(23)24/h11-15,21-22H,1,3-9H2,2H3,(H,23,24)(H,25,26)/t11-,12+,13+,14-,15-,18-,19-,20+/m1/s1. The van der Waals surface area contributed by atoms with E-state index in [0.29, 0.717) is 18.8 Å². The molecule has 1 spiro atoms. The van der Waals surface area contributed by atoms with E-state index in [4.69, 9.17) is 0 Å². The molecular formula is C20H28O6. The first kappa shape index (κ1) is 18.0. The monoisotopic (exact) mass is 364 g/mol. The van der Waals surface area contributed by atoms with Crippen molar-refractivity contribution >= 4 is 11.9 Å². The number of carboxylic acid groups (broad SMARTS) is 2. The van der Waals surface area contributed by atoms with Crippen LogP contribution in [0.2, 0.25) is 0 Å². The van der Waals surface area contributed by atoms with Crippen molar-refractivity contribution < 1.29 is 30.0 Å². The summed E-state index contributed by atoms with van der Waals surface area (Å²) in [5.74, 6) is -3.56. The Morgan fingerprint density at radius 1 is 1.23 bits per heavy atom. The average Bonchev–Trinajstić information content (AvgIpc) is 2.99. The zero-order chi connectivity index (χ0) is 19.1. The van der Waals surface area contributed by atoms with E-state index in [1.807, 2.05) is 0 Å². The van der Waals surface area contributed by atoms with Crippen LogP contribution in [-0.2, 0) is 9.59 Å². The number of hydrogen-bond donors (Lipinski definition) is 4. The highest BCUT2D eigenvalue weighted by Gasteiger charge is 2.77. The molecule has 4 aliphatic carbocycles. The first-order valence-corrected chi connectivity index (χ1v) is 9.58. The van der Waals surface area contributed by atoms with Gasteiger partial charge in [-0.25, -0.2) is 0 Å². The second-order valence-corrected chi connectivity index (χ2v) is 9.43. The molecule has 0 heterocycles. The summed E-state index contributed by atoms with van der Waals surface area (Å²) in [6.07, 6.45) is 2.70. The molecule has 4 fully saturated rings. The van der Waals surface area contributed by atoms with E-state index in [1.165, 1.54) is 6.92 Å². The zero-order valence-electron chi connectivity index (χ0n) is 15.1. The molecule has 144 valence electrons. The summed E-state index contributed by atoms with van der Waals surface area (Å²) in [6, 6.07) is 0. The molecule has 8 atom stereocenters. The van der Waals surface area contributed by atoms with Crippen LogP contribution in [-0.4, -0.2) is 45.1 Å². The lowest BCUT2D eigenvalue weighted by molar-refractivity contribution is -0.187. The molecule has 4 rings (SSSR count). The van der Waals surface area contributed by atoms with Gasteiger partial charge in [-0.15, -0.1) is 0 Å². The lowest BCUT2D eigenvalue weighted by Crippen LogP contribution is -2.59. The second kappa shape index (κ2) is 5.32. The number of hydrogen-bond acceptors (Lipinski definition) is 4. The molecule has 0 aromatic rings. The average molecular weight is 364 g/mol. The Morgan fingerprint density at radius 3 is 2.50 bits per heavy atom. The van der Waals surface area contributed by atoms with Crippen molar-refractivity contribution in [2.75, 3.05) is 6.61 Å². The summed E-state index contributed by atoms with van der Waals surface area (Å²) in [5, 5.41) is 41.4. The van der Waals surface area contributed by atoms with Crippen LogP contribution < -0.4 is 0 Å². The molecule has 0 aromatic heterocycles. The highest BCUT2D eigenvalue weighted by molar-refractivity contribution is 5.80. The number of carboxylic acids is 2. The summed E-state index contributed by atoms with van der Waals surface area (Å²) in [4.78, 5) is 24.8. The first-order chi connectivity index (χ1) is 12.1. The Balaban J connectivity index is 1.97. The van der Waals surface area contributed by atoms with Gasteiger partial charge in [0.2, 0.25) is 0 Å². The third-order valence-electron chi connectivity index (χ3n) is 8.77. The van der Waals surface area contributed by atoms with Crippen molar-refractivity contribution in [2.45, 2.75) is 51.6 Å². The fourth-order valence-corrected chi connectivity index (χ4v) is 7.80. The first-order valence-electron chi connectivity index (χ1n) is 9.58. The molecule has 6 nitrogen and oxygen atoms in total. The number of aliphatic carboxylic acids is 2. The molecule has 4 aliphatic rings. The number of aliphatic hydroxyl groups excluding tert-OH is 2. The van der Waals surface area contributed by atoms with E-state index in [0.717, 1.165) is 24.8 Å². The fourth-order valence-electron chi connectivity index (χ4n) is 7.80. The van der Waals surface area contributed by atoms with Gasteiger partial charge in [0, 0.05) is 12.0 Å². The van der Waals surface area contributed by atoms with E-state index in [1.54, 1.807) is 0 Å². The quantitative estimate of drug-likeness (QED) is 0.569. The smallest absolute Gasteiger partial charge is 0.312 e. The number of aliphatic hydroxyl groups is 2.